The largest absolute Gasteiger partial charge is 0.344 e. The van der Waals surface area contributed by atoms with Gasteiger partial charge in [-0.1, -0.05) is 18.6 Å². The van der Waals surface area contributed by atoms with Gasteiger partial charge in [-0.2, -0.15) is 0 Å². The topological polar surface area (TPSA) is 18.5 Å². The second-order valence-corrected chi connectivity index (χ2v) is 8.90. The summed E-state index contributed by atoms with van der Waals surface area (Å²) in [6.45, 7) is 9.85. The molecule has 0 spiro atoms. The van der Waals surface area contributed by atoms with E-state index in [1.54, 1.807) is 11.3 Å². The Labute approximate surface area is 173 Å². The van der Waals surface area contributed by atoms with E-state index >= 15 is 0 Å². The van der Waals surface area contributed by atoms with Crippen LogP contribution < -0.4 is 5.32 Å². The van der Waals surface area contributed by atoms with Crippen LogP contribution in [0.25, 0.3) is 0 Å². The highest BCUT2D eigenvalue weighted by Crippen LogP contribution is 2.17. The Bertz CT molecular complexity index is 721. The molecule has 0 bridgehead atoms. The molecule has 1 N–H and O–H groups in total. The molecule has 1 aliphatic heterocycles. The number of benzene rings is 1. The Balaban J connectivity index is 1.59. The lowest BCUT2D eigenvalue weighted by Crippen LogP contribution is -2.37. The van der Waals surface area contributed by atoms with Crippen LogP contribution >= 0.6 is 23.6 Å². The third kappa shape index (κ3) is 6.30. The zero-order chi connectivity index (χ0) is 19.1. The Hall–Kier alpha value is -1.43. The molecule has 1 aliphatic rings. The standard InChI is InChI=1S/C22H31N3S2/c1-18-9-10-20(16-19(18)2)23-22(26)25(17-21-8-6-15-27-21)14-7-13-24-11-4-3-5-12-24/h6,8-10,15-16H,3-5,7,11-14,17H2,1-2H3,(H,23,26). The highest BCUT2D eigenvalue weighted by atomic mass is 32.1. The van der Waals surface area contributed by atoms with Crippen molar-refractivity contribution in [3.8, 4) is 0 Å². The first-order valence-corrected chi connectivity index (χ1v) is 11.3. The highest BCUT2D eigenvalue weighted by Gasteiger charge is 2.14. The predicted molar refractivity (Wildman–Crippen MR) is 122 cm³/mol. The fraction of sp³-hybridized carbons (Fsp3) is 0.500. The number of anilines is 1. The van der Waals surface area contributed by atoms with E-state index in [9.17, 15) is 0 Å². The molecule has 3 rings (SSSR count). The molecule has 2 aromatic rings. The average molecular weight is 402 g/mol. The summed E-state index contributed by atoms with van der Waals surface area (Å²) >= 11 is 7.58. The molecule has 1 fully saturated rings. The van der Waals surface area contributed by atoms with Crippen molar-refractivity contribution in [1.82, 2.24) is 9.80 Å². The summed E-state index contributed by atoms with van der Waals surface area (Å²) in [5, 5.41) is 6.42. The van der Waals surface area contributed by atoms with Gasteiger partial charge in [0.1, 0.15) is 0 Å². The minimum atomic E-state index is 0.824. The van der Waals surface area contributed by atoms with Crippen LogP contribution in [0, 0.1) is 13.8 Å². The fourth-order valence-corrected chi connectivity index (χ4v) is 4.53. The second kappa shape index (κ2) is 10.2. The molecule has 3 nitrogen and oxygen atoms in total. The molecule has 1 aromatic heterocycles. The fourth-order valence-electron chi connectivity index (χ4n) is 3.53. The van der Waals surface area contributed by atoms with Crippen molar-refractivity contribution in [2.45, 2.75) is 46.1 Å². The van der Waals surface area contributed by atoms with Gasteiger partial charge < -0.3 is 15.1 Å². The van der Waals surface area contributed by atoms with Gasteiger partial charge in [0.2, 0.25) is 0 Å². The van der Waals surface area contributed by atoms with Crippen LogP contribution in [0.1, 0.15) is 41.7 Å². The Morgan fingerprint density at radius 3 is 2.67 bits per heavy atom. The SMILES string of the molecule is Cc1ccc(NC(=S)N(CCCN2CCCCC2)Cc2cccs2)cc1C. The predicted octanol–water partition coefficient (Wildman–Crippen LogP) is 5.44. The number of rotatable bonds is 7. The smallest absolute Gasteiger partial charge is 0.173 e. The van der Waals surface area contributed by atoms with Gasteiger partial charge >= 0.3 is 0 Å². The maximum atomic E-state index is 5.78. The maximum absolute atomic E-state index is 5.78. The van der Waals surface area contributed by atoms with Gasteiger partial charge in [0.05, 0.1) is 6.54 Å². The normalized spacial score (nSPS) is 14.9. The molecular formula is C22H31N3S2. The third-order valence-corrected chi connectivity index (χ3v) is 6.54. The van der Waals surface area contributed by atoms with Gasteiger partial charge in [0.15, 0.2) is 5.11 Å². The summed E-state index contributed by atoms with van der Waals surface area (Å²) in [4.78, 5) is 6.28. The van der Waals surface area contributed by atoms with Crippen molar-refractivity contribution in [2.75, 3.05) is 31.5 Å². The van der Waals surface area contributed by atoms with Crippen LogP contribution in [0.4, 0.5) is 5.69 Å². The van der Waals surface area contributed by atoms with Crippen LogP contribution in [0.5, 0.6) is 0 Å². The first-order valence-electron chi connectivity index (χ1n) is 10.00. The lowest BCUT2D eigenvalue weighted by atomic mass is 10.1. The zero-order valence-corrected chi connectivity index (χ0v) is 18.2. The number of hydrogen-bond donors (Lipinski definition) is 1. The van der Waals surface area contributed by atoms with Gasteiger partial charge in [0, 0.05) is 17.1 Å². The average Bonchev–Trinajstić information content (AvgIpc) is 3.18. The molecule has 5 heteroatoms. The van der Waals surface area contributed by atoms with Gasteiger partial charge in [0.25, 0.3) is 0 Å². The minimum absolute atomic E-state index is 0.824. The summed E-state index contributed by atoms with van der Waals surface area (Å²) in [5.74, 6) is 0. The van der Waals surface area contributed by atoms with Crippen LogP contribution in [-0.2, 0) is 6.54 Å². The van der Waals surface area contributed by atoms with Gasteiger partial charge in [-0.15, -0.1) is 11.3 Å². The molecule has 0 radical (unpaired) electrons. The lowest BCUT2D eigenvalue weighted by molar-refractivity contribution is 0.218. The molecule has 27 heavy (non-hydrogen) atoms. The first kappa shape index (κ1) is 20.3. The van der Waals surface area contributed by atoms with Crippen molar-refractivity contribution >= 4 is 34.4 Å². The number of thiocarbonyl (C=S) groups is 1. The summed E-state index contributed by atoms with van der Waals surface area (Å²) in [7, 11) is 0. The number of likely N-dealkylation sites (tertiary alicyclic amines) is 1. The lowest BCUT2D eigenvalue weighted by Gasteiger charge is -2.29. The molecule has 0 amide bonds. The summed E-state index contributed by atoms with van der Waals surface area (Å²) in [6.07, 6.45) is 5.25. The maximum Gasteiger partial charge on any atom is 0.173 e. The van der Waals surface area contributed by atoms with Crippen LogP contribution in [0.3, 0.4) is 0 Å². The molecule has 146 valence electrons. The molecule has 1 aromatic carbocycles. The quantitative estimate of drug-likeness (QED) is 0.622. The van der Waals surface area contributed by atoms with Gasteiger partial charge in [-0.05, 0) is 99.7 Å². The van der Waals surface area contributed by atoms with E-state index in [2.05, 4.69) is 64.7 Å². The monoisotopic (exact) mass is 401 g/mol. The highest BCUT2D eigenvalue weighted by molar-refractivity contribution is 7.80. The summed E-state index contributed by atoms with van der Waals surface area (Å²) in [5.41, 5.74) is 3.68. The number of nitrogens with zero attached hydrogens (tertiary/aromatic N) is 2. The van der Waals surface area contributed by atoms with E-state index in [1.165, 1.54) is 54.9 Å². The number of thiophene rings is 1. The second-order valence-electron chi connectivity index (χ2n) is 7.49. The zero-order valence-electron chi connectivity index (χ0n) is 16.5. The number of piperidine rings is 1. The van der Waals surface area contributed by atoms with Crippen LogP contribution in [-0.4, -0.2) is 41.1 Å². The molecule has 0 saturated carbocycles. The summed E-state index contributed by atoms with van der Waals surface area (Å²) in [6, 6.07) is 10.8. The Kier molecular flexibility index (Phi) is 7.68. The molecule has 2 heterocycles. The molecular weight excluding hydrogens is 370 g/mol. The number of nitrogens with one attached hydrogen (secondary N) is 1. The number of aryl methyl sites for hydroxylation is 2. The van der Waals surface area contributed by atoms with E-state index in [0.717, 1.165) is 30.3 Å². The molecule has 0 atom stereocenters. The summed E-state index contributed by atoms with van der Waals surface area (Å²) < 4.78 is 0. The number of hydrogen-bond acceptors (Lipinski definition) is 3. The Morgan fingerprint density at radius 2 is 1.96 bits per heavy atom. The van der Waals surface area contributed by atoms with Crippen molar-refractivity contribution in [3.05, 3.63) is 51.7 Å². The Morgan fingerprint density at radius 1 is 1.15 bits per heavy atom. The van der Waals surface area contributed by atoms with E-state index < -0.39 is 0 Å². The molecule has 0 aliphatic carbocycles. The molecule has 0 unspecified atom stereocenters. The van der Waals surface area contributed by atoms with Crippen LogP contribution in [0.15, 0.2) is 35.7 Å². The van der Waals surface area contributed by atoms with Crippen molar-refractivity contribution in [1.29, 1.82) is 0 Å². The van der Waals surface area contributed by atoms with E-state index in [0.29, 0.717) is 0 Å². The third-order valence-electron chi connectivity index (χ3n) is 5.32. The van der Waals surface area contributed by atoms with Crippen molar-refractivity contribution in [2.24, 2.45) is 0 Å². The first-order chi connectivity index (χ1) is 13.1. The van der Waals surface area contributed by atoms with Crippen LogP contribution in [0.2, 0.25) is 0 Å². The van der Waals surface area contributed by atoms with Crippen molar-refractivity contribution < 1.29 is 0 Å². The molecule has 1 saturated heterocycles. The van der Waals surface area contributed by atoms with E-state index in [-0.39, 0.29) is 0 Å². The van der Waals surface area contributed by atoms with Gasteiger partial charge in [-0.3, -0.25) is 0 Å². The van der Waals surface area contributed by atoms with Crippen molar-refractivity contribution in [3.63, 3.8) is 0 Å². The van der Waals surface area contributed by atoms with E-state index in [4.69, 9.17) is 12.2 Å². The van der Waals surface area contributed by atoms with Gasteiger partial charge in [-0.25, -0.2) is 0 Å². The minimum Gasteiger partial charge on any atom is -0.344 e. The van der Waals surface area contributed by atoms with E-state index in [1.807, 2.05) is 0 Å².